The Hall–Kier alpha value is -1.36. The number of nitrogens with zero attached hydrogens (tertiary/aromatic N) is 4. The van der Waals surface area contributed by atoms with Gasteiger partial charge in [0.15, 0.2) is 0 Å². The molecule has 0 unspecified atom stereocenters. The average molecular weight is 249 g/mol. The molecule has 0 aliphatic carbocycles. The van der Waals surface area contributed by atoms with Gasteiger partial charge in [-0.15, -0.1) is 0 Å². The number of anilines is 2. The maximum absolute atomic E-state index is 4.70. The standard InChI is InChI=1S/C13H23N5/c1-5-11-10(2)12(14-3)16-13(15-11)18-8-6-17(4)7-9-18/h5-9H2,1-4H3,(H,14,15,16). The smallest absolute Gasteiger partial charge is 0.227 e. The first-order valence-corrected chi connectivity index (χ1v) is 6.64. The fourth-order valence-electron chi connectivity index (χ4n) is 2.29. The van der Waals surface area contributed by atoms with Gasteiger partial charge in [-0.25, -0.2) is 4.98 Å². The van der Waals surface area contributed by atoms with Crippen LogP contribution in [0.1, 0.15) is 18.2 Å². The average Bonchev–Trinajstić information content (AvgIpc) is 2.40. The second-order valence-electron chi connectivity index (χ2n) is 4.84. The van der Waals surface area contributed by atoms with Crippen LogP contribution in [0.15, 0.2) is 0 Å². The van der Waals surface area contributed by atoms with E-state index >= 15 is 0 Å². The zero-order chi connectivity index (χ0) is 13.1. The first kappa shape index (κ1) is 13.1. The number of likely N-dealkylation sites (N-methyl/N-ethyl adjacent to an activating group) is 1. The number of piperazine rings is 1. The Balaban J connectivity index is 2.27. The summed E-state index contributed by atoms with van der Waals surface area (Å²) in [5.74, 6) is 1.82. The highest BCUT2D eigenvalue weighted by molar-refractivity contribution is 5.50. The van der Waals surface area contributed by atoms with Crippen LogP contribution in [0.2, 0.25) is 0 Å². The second-order valence-corrected chi connectivity index (χ2v) is 4.84. The van der Waals surface area contributed by atoms with Gasteiger partial charge in [0, 0.05) is 38.8 Å². The molecular formula is C13H23N5. The van der Waals surface area contributed by atoms with Crippen molar-refractivity contribution < 1.29 is 0 Å². The van der Waals surface area contributed by atoms with E-state index in [2.05, 4.69) is 41.0 Å². The molecule has 1 fully saturated rings. The van der Waals surface area contributed by atoms with Crippen LogP contribution in [-0.4, -0.2) is 55.1 Å². The highest BCUT2D eigenvalue weighted by Crippen LogP contribution is 2.20. The van der Waals surface area contributed by atoms with Gasteiger partial charge in [-0.1, -0.05) is 6.92 Å². The van der Waals surface area contributed by atoms with E-state index in [0.29, 0.717) is 0 Å². The molecule has 0 aromatic carbocycles. The van der Waals surface area contributed by atoms with E-state index < -0.39 is 0 Å². The summed E-state index contributed by atoms with van der Waals surface area (Å²) in [6.45, 7) is 8.39. The molecule has 100 valence electrons. The third-order valence-electron chi connectivity index (χ3n) is 3.59. The Labute approximate surface area is 109 Å². The number of hydrogen-bond donors (Lipinski definition) is 1. The molecule has 0 amide bonds. The third kappa shape index (κ3) is 2.56. The zero-order valence-corrected chi connectivity index (χ0v) is 11.8. The molecule has 0 saturated carbocycles. The number of nitrogens with one attached hydrogen (secondary N) is 1. The molecule has 1 aromatic heterocycles. The van der Waals surface area contributed by atoms with Gasteiger partial charge in [-0.2, -0.15) is 4.98 Å². The topological polar surface area (TPSA) is 44.3 Å². The Kier molecular flexibility index (Phi) is 4.01. The number of aryl methyl sites for hydroxylation is 1. The van der Waals surface area contributed by atoms with Crippen LogP contribution < -0.4 is 10.2 Å². The summed E-state index contributed by atoms with van der Waals surface area (Å²) in [4.78, 5) is 14.0. The first-order chi connectivity index (χ1) is 8.65. The van der Waals surface area contributed by atoms with Crippen LogP contribution in [0, 0.1) is 6.92 Å². The fraction of sp³-hybridized carbons (Fsp3) is 0.692. The SMILES string of the molecule is CCc1nc(N2CCN(C)CC2)nc(NC)c1C. The van der Waals surface area contributed by atoms with Gasteiger partial charge < -0.3 is 15.1 Å². The summed E-state index contributed by atoms with van der Waals surface area (Å²) < 4.78 is 0. The Morgan fingerprint density at radius 2 is 1.83 bits per heavy atom. The van der Waals surface area contributed by atoms with E-state index in [1.807, 2.05) is 7.05 Å². The van der Waals surface area contributed by atoms with E-state index in [4.69, 9.17) is 4.98 Å². The largest absolute Gasteiger partial charge is 0.373 e. The minimum Gasteiger partial charge on any atom is -0.373 e. The summed E-state index contributed by atoms with van der Waals surface area (Å²) >= 11 is 0. The molecular weight excluding hydrogens is 226 g/mol. The van der Waals surface area contributed by atoms with E-state index in [1.165, 1.54) is 0 Å². The van der Waals surface area contributed by atoms with Crippen molar-refractivity contribution >= 4 is 11.8 Å². The van der Waals surface area contributed by atoms with E-state index in [0.717, 1.165) is 55.6 Å². The van der Waals surface area contributed by atoms with Crippen LogP contribution >= 0.6 is 0 Å². The predicted molar refractivity (Wildman–Crippen MR) is 75.4 cm³/mol. The van der Waals surface area contributed by atoms with Crippen LogP contribution in [0.3, 0.4) is 0 Å². The molecule has 0 radical (unpaired) electrons. The fourth-order valence-corrected chi connectivity index (χ4v) is 2.29. The summed E-state index contributed by atoms with van der Waals surface area (Å²) in [7, 11) is 4.08. The van der Waals surface area contributed by atoms with Crippen LogP contribution in [0.4, 0.5) is 11.8 Å². The van der Waals surface area contributed by atoms with Crippen molar-refractivity contribution in [3.05, 3.63) is 11.3 Å². The summed E-state index contributed by atoms with van der Waals surface area (Å²) in [5.41, 5.74) is 2.31. The summed E-state index contributed by atoms with van der Waals surface area (Å²) in [6, 6.07) is 0. The van der Waals surface area contributed by atoms with Gasteiger partial charge >= 0.3 is 0 Å². The first-order valence-electron chi connectivity index (χ1n) is 6.64. The molecule has 2 rings (SSSR count). The van der Waals surface area contributed by atoms with Crippen molar-refractivity contribution in [2.45, 2.75) is 20.3 Å². The van der Waals surface area contributed by atoms with Gasteiger partial charge in [0.2, 0.25) is 5.95 Å². The van der Waals surface area contributed by atoms with E-state index in [9.17, 15) is 0 Å². The molecule has 1 saturated heterocycles. The maximum atomic E-state index is 4.70. The number of hydrogen-bond acceptors (Lipinski definition) is 5. The lowest BCUT2D eigenvalue weighted by Crippen LogP contribution is -2.45. The third-order valence-corrected chi connectivity index (χ3v) is 3.59. The normalized spacial score (nSPS) is 17.0. The Morgan fingerprint density at radius 3 is 2.39 bits per heavy atom. The van der Waals surface area contributed by atoms with Crippen molar-refractivity contribution in [3.63, 3.8) is 0 Å². The second kappa shape index (κ2) is 5.52. The lowest BCUT2D eigenvalue weighted by Gasteiger charge is -2.32. The predicted octanol–water partition coefficient (Wildman–Crippen LogP) is 1.14. The molecule has 1 N–H and O–H groups in total. The van der Waals surface area contributed by atoms with Crippen molar-refractivity contribution in [3.8, 4) is 0 Å². The molecule has 5 nitrogen and oxygen atoms in total. The van der Waals surface area contributed by atoms with Crippen molar-refractivity contribution in [2.24, 2.45) is 0 Å². The molecule has 0 spiro atoms. The van der Waals surface area contributed by atoms with Gasteiger partial charge in [-0.05, 0) is 20.4 Å². The lowest BCUT2D eigenvalue weighted by molar-refractivity contribution is 0.311. The number of rotatable bonds is 3. The zero-order valence-electron chi connectivity index (χ0n) is 11.8. The summed E-state index contributed by atoms with van der Waals surface area (Å²) in [5, 5.41) is 3.17. The monoisotopic (exact) mass is 249 g/mol. The Morgan fingerprint density at radius 1 is 1.17 bits per heavy atom. The van der Waals surface area contributed by atoms with Gasteiger partial charge in [0.25, 0.3) is 0 Å². The minimum absolute atomic E-state index is 0.870. The molecule has 0 bridgehead atoms. The molecule has 1 aromatic rings. The van der Waals surface area contributed by atoms with Crippen molar-refractivity contribution in [2.75, 3.05) is 50.5 Å². The number of aromatic nitrogens is 2. The quantitative estimate of drug-likeness (QED) is 0.870. The molecule has 5 heteroatoms. The molecule has 0 atom stereocenters. The minimum atomic E-state index is 0.870. The summed E-state index contributed by atoms with van der Waals surface area (Å²) in [6.07, 6.45) is 0.948. The van der Waals surface area contributed by atoms with Gasteiger partial charge in [0.1, 0.15) is 5.82 Å². The maximum Gasteiger partial charge on any atom is 0.227 e. The molecule has 2 heterocycles. The van der Waals surface area contributed by atoms with Gasteiger partial charge in [0.05, 0.1) is 5.69 Å². The van der Waals surface area contributed by atoms with E-state index in [1.54, 1.807) is 0 Å². The molecule has 18 heavy (non-hydrogen) atoms. The van der Waals surface area contributed by atoms with Crippen LogP contribution in [0.5, 0.6) is 0 Å². The molecule has 1 aliphatic heterocycles. The molecule has 1 aliphatic rings. The Bertz CT molecular complexity index is 385. The lowest BCUT2D eigenvalue weighted by atomic mass is 10.2. The van der Waals surface area contributed by atoms with Crippen LogP contribution in [0.25, 0.3) is 0 Å². The highest BCUT2D eigenvalue weighted by Gasteiger charge is 2.18. The van der Waals surface area contributed by atoms with Gasteiger partial charge in [-0.3, -0.25) is 0 Å². The van der Waals surface area contributed by atoms with E-state index in [-0.39, 0.29) is 0 Å². The highest BCUT2D eigenvalue weighted by atomic mass is 15.3. The van der Waals surface area contributed by atoms with Crippen LogP contribution in [-0.2, 0) is 6.42 Å². The van der Waals surface area contributed by atoms with Crippen molar-refractivity contribution in [1.82, 2.24) is 14.9 Å². The van der Waals surface area contributed by atoms with Crippen molar-refractivity contribution in [1.29, 1.82) is 0 Å².